The summed E-state index contributed by atoms with van der Waals surface area (Å²) in [5.41, 5.74) is 1.79. The largest absolute Gasteiger partial charge is 1.00 e. The van der Waals surface area contributed by atoms with Crippen molar-refractivity contribution in [3.63, 3.8) is 0 Å². The summed E-state index contributed by atoms with van der Waals surface area (Å²) in [6.07, 6.45) is 11.2. The molecule has 0 aliphatic heterocycles. The number of halogens is 2. The van der Waals surface area contributed by atoms with E-state index in [4.69, 9.17) is 0 Å². The SMILES string of the molecule is C[C](C)=[Ti+2]([NH][Si](C)(C)C)[CH]1CCC2CC=CC=C21.[Cl-].[Cl-]. The fourth-order valence-electron chi connectivity index (χ4n) is 3.19. The van der Waals surface area contributed by atoms with Crippen LogP contribution in [0.2, 0.25) is 23.9 Å². The Kier molecular flexibility index (Phi) is 8.80. The van der Waals surface area contributed by atoms with Gasteiger partial charge in [0, 0.05) is 0 Å². The van der Waals surface area contributed by atoms with Gasteiger partial charge >= 0.3 is 120 Å². The Morgan fingerprint density at radius 1 is 1.20 bits per heavy atom. The number of nitrogens with one attached hydrogen (secondary N) is 1. The first-order valence-corrected chi connectivity index (χ1v) is 13.2. The molecule has 0 aromatic rings. The van der Waals surface area contributed by atoms with Crippen LogP contribution in [-0.2, 0) is 17.7 Å². The molecular formula is C15H27Cl2NSiTi. The molecule has 0 spiro atoms. The van der Waals surface area contributed by atoms with Crippen LogP contribution in [0.5, 0.6) is 0 Å². The van der Waals surface area contributed by atoms with Crippen LogP contribution >= 0.6 is 0 Å². The predicted molar refractivity (Wildman–Crippen MR) is 81.2 cm³/mol. The van der Waals surface area contributed by atoms with Crippen LogP contribution in [0.15, 0.2) is 23.8 Å². The van der Waals surface area contributed by atoms with E-state index >= 15 is 0 Å². The van der Waals surface area contributed by atoms with Crippen molar-refractivity contribution in [3.05, 3.63) is 23.8 Å². The molecule has 1 nitrogen and oxygen atoms in total. The summed E-state index contributed by atoms with van der Waals surface area (Å²) in [5.74, 6) is 0.880. The topological polar surface area (TPSA) is 12.0 Å². The zero-order chi connectivity index (χ0) is 13.3. The minimum atomic E-state index is -1.26. The van der Waals surface area contributed by atoms with Crippen molar-refractivity contribution in [2.45, 2.75) is 57.0 Å². The van der Waals surface area contributed by atoms with Crippen LogP contribution in [0.4, 0.5) is 0 Å². The van der Waals surface area contributed by atoms with Crippen molar-refractivity contribution in [2.24, 2.45) is 5.92 Å². The Morgan fingerprint density at radius 3 is 2.40 bits per heavy atom. The monoisotopic (exact) mass is 367 g/mol. The van der Waals surface area contributed by atoms with E-state index in [1.165, 1.54) is 19.3 Å². The van der Waals surface area contributed by atoms with Crippen LogP contribution in [0.1, 0.15) is 33.1 Å². The third kappa shape index (κ3) is 5.23. The van der Waals surface area contributed by atoms with Crippen molar-refractivity contribution in [3.8, 4) is 0 Å². The zero-order valence-corrected chi connectivity index (χ0v) is 17.3. The molecule has 0 bridgehead atoms. The zero-order valence-electron chi connectivity index (χ0n) is 13.3. The average Bonchev–Trinajstić information content (AvgIpc) is 2.68. The van der Waals surface area contributed by atoms with Gasteiger partial charge in [0.2, 0.25) is 0 Å². The maximum atomic E-state index is 4.13. The maximum Gasteiger partial charge on any atom is -1.00 e. The van der Waals surface area contributed by atoms with Gasteiger partial charge in [0.05, 0.1) is 0 Å². The molecule has 2 rings (SSSR count). The molecule has 2 atom stereocenters. The first-order chi connectivity index (χ1) is 8.38. The van der Waals surface area contributed by atoms with Crippen molar-refractivity contribution >= 4 is 12.0 Å². The molecule has 20 heavy (non-hydrogen) atoms. The minimum absolute atomic E-state index is 0. The molecule has 0 aromatic carbocycles. The maximum absolute atomic E-state index is 4.13. The molecule has 0 amide bonds. The van der Waals surface area contributed by atoms with Gasteiger partial charge in [-0.25, -0.2) is 0 Å². The second kappa shape index (κ2) is 8.45. The molecule has 1 N–H and O–H groups in total. The Labute approximate surface area is 144 Å². The normalized spacial score (nSPS) is 23.7. The van der Waals surface area contributed by atoms with Crippen LogP contribution in [0.3, 0.4) is 0 Å². The van der Waals surface area contributed by atoms with Gasteiger partial charge in [0.15, 0.2) is 0 Å². The molecule has 0 heterocycles. The smallest absolute Gasteiger partial charge is 1.00 e. The van der Waals surface area contributed by atoms with Crippen LogP contribution in [0, 0.1) is 5.92 Å². The van der Waals surface area contributed by atoms with E-state index in [2.05, 4.69) is 55.2 Å². The second-order valence-electron chi connectivity index (χ2n) is 6.95. The predicted octanol–water partition coefficient (Wildman–Crippen LogP) is -1.75. The molecule has 1 saturated carbocycles. The van der Waals surface area contributed by atoms with Gasteiger partial charge in [-0.2, -0.15) is 0 Å². The standard InChI is InChI=1S/C9H11.C3H10NSi.C3H6.2ClH.Ti/c1-2-5-9-7-3-6-8(9)4-1;1-5(2,3)4;1-3-2;;;/h1-2,4,6,9H,3,5,7H2;4H,1-3H3;1-2H3;2*1H;/q;-1;;;;+3/p-2. The second-order valence-corrected chi connectivity index (χ2v) is 16.8. The van der Waals surface area contributed by atoms with Gasteiger partial charge in [0.25, 0.3) is 0 Å². The van der Waals surface area contributed by atoms with Crippen molar-refractivity contribution in [1.82, 2.24) is 3.46 Å². The Morgan fingerprint density at radius 2 is 1.85 bits per heavy atom. The number of fused-ring (bicyclic) bond motifs is 1. The molecular weight excluding hydrogens is 341 g/mol. The van der Waals surface area contributed by atoms with Gasteiger partial charge in [-0.15, -0.1) is 0 Å². The van der Waals surface area contributed by atoms with E-state index < -0.39 is 25.9 Å². The van der Waals surface area contributed by atoms with Gasteiger partial charge in [-0.3, -0.25) is 0 Å². The fourth-order valence-corrected chi connectivity index (χ4v) is 13.0. The molecule has 114 valence electrons. The third-order valence-corrected chi connectivity index (χ3v) is 13.5. The van der Waals surface area contributed by atoms with Gasteiger partial charge in [-0.05, 0) is 0 Å². The van der Waals surface area contributed by atoms with Crippen LogP contribution in [-0.4, -0.2) is 12.0 Å². The molecule has 5 heteroatoms. The van der Waals surface area contributed by atoms with E-state index in [-0.39, 0.29) is 24.8 Å². The Balaban J connectivity index is 0.00000180. The first-order valence-electron chi connectivity index (χ1n) is 7.20. The summed E-state index contributed by atoms with van der Waals surface area (Å²) in [6.45, 7) is 12.1. The first kappa shape index (κ1) is 20.8. The molecule has 2 aliphatic rings. The Bertz CT molecular complexity index is 420. The van der Waals surface area contributed by atoms with Gasteiger partial charge in [-0.1, -0.05) is 0 Å². The van der Waals surface area contributed by atoms with Gasteiger partial charge < -0.3 is 24.8 Å². The number of hydrogen-bond donors (Lipinski definition) is 1. The van der Waals surface area contributed by atoms with E-state index in [0.717, 1.165) is 10.1 Å². The summed E-state index contributed by atoms with van der Waals surface area (Å²) >= 11 is -1.26. The van der Waals surface area contributed by atoms with Crippen LogP contribution < -0.4 is 28.3 Å². The summed E-state index contributed by atoms with van der Waals surface area (Å²) in [7, 11) is -1.15. The van der Waals surface area contributed by atoms with E-state index in [1.807, 2.05) is 0 Å². The van der Waals surface area contributed by atoms with E-state index in [0.29, 0.717) is 0 Å². The fraction of sp³-hybridized carbons (Fsp3) is 0.667. The van der Waals surface area contributed by atoms with Crippen molar-refractivity contribution in [2.75, 3.05) is 0 Å². The van der Waals surface area contributed by atoms with Gasteiger partial charge in [0.1, 0.15) is 0 Å². The molecule has 2 aliphatic carbocycles. The summed E-state index contributed by atoms with van der Waals surface area (Å²) in [6, 6.07) is 0. The van der Waals surface area contributed by atoms with Crippen molar-refractivity contribution in [1.29, 1.82) is 0 Å². The molecule has 0 aromatic heterocycles. The molecule has 2 unspecified atom stereocenters. The quantitative estimate of drug-likeness (QED) is 0.583. The van der Waals surface area contributed by atoms with E-state index in [1.54, 1.807) is 9.38 Å². The molecule has 1 fully saturated rings. The minimum Gasteiger partial charge on any atom is -1.00 e. The van der Waals surface area contributed by atoms with E-state index in [9.17, 15) is 0 Å². The van der Waals surface area contributed by atoms with Crippen molar-refractivity contribution < 1.29 is 42.5 Å². The molecule has 0 radical (unpaired) electrons. The summed E-state index contributed by atoms with van der Waals surface area (Å²) in [5, 5.41) is 0. The number of allylic oxidation sites excluding steroid dienone is 4. The Hall–Kier alpha value is 0.821. The van der Waals surface area contributed by atoms with Crippen LogP contribution in [0.25, 0.3) is 0 Å². The number of hydrogen-bond acceptors (Lipinski definition) is 1. The summed E-state index contributed by atoms with van der Waals surface area (Å²) in [4.78, 5) is 0. The molecule has 0 saturated heterocycles. The average molecular weight is 368 g/mol. The summed E-state index contributed by atoms with van der Waals surface area (Å²) < 4.78 is 6.77. The third-order valence-electron chi connectivity index (χ3n) is 3.92. The number of rotatable bonds is 3.